The van der Waals surface area contributed by atoms with Crippen molar-refractivity contribution in [1.29, 1.82) is 0 Å². The van der Waals surface area contributed by atoms with Gasteiger partial charge in [0.15, 0.2) is 0 Å². The second-order valence-electron chi connectivity index (χ2n) is 11.1. The smallest absolute Gasteiger partial charge is 0.243 e. The number of benzene rings is 3. The third-order valence-corrected chi connectivity index (χ3v) is 9.41. The monoisotopic (exact) mass is 671 g/mol. The maximum Gasteiger partial charge on any atom is 0.243 e. The van der Waals surface area contributed by atoms with Crippen LogP contribution in [0.15, 0.2) is 83.3 Å². The zero-order valence-corrected chi connectivity index (χ0v) is 26.8. The molecule has 0 saturated heterocycles. The molecule has 1 aliphatic carbocycles. The lowest BCUT2D eigenvalue weighted by Gasteiger charge is -2.34. The number of hydrogen-bond acceptors (Lipinski definition) is 4. The quantitative estimate of drug-likeness (QED) is 0.234. The fraction of sp³-hybridized carbons (Fsp3) is 0.394. The molecule has 1 saturated carbocycles. The van der Waals surface area contributed by atoms with Gasteiger partial charge in [0, 0.05) is 36.4 Å². The van der Waals surface area contributed by atoms with Crippen LogP contribution in [0.3, 0.4) is 0 Å². The van der Waals surface area contributed by atoms with Crippen molar-refractivity contribution in [2.45, 2.75) is 70.0 Å². The Bertz CT molecular complexity index is 1480. The Balaban J connectivity index is 1.59. The van der Waals surface area contributed by atoms with E-state index in [1.807, 2.05) is 54.6 Å². The lowest BCUT2D eigenvalue weighted by Crippen LogP contribution is -2.53. The maximum absolute atomic E-state index is 14.5. The third kappa shape index (κ3) is 9.63. The summed E-state index contributed by atoms with van der Waals surface area (Å²) in [5.41, 5.74) is 1.73. The minimum Gasteiger partial charge on any atom is -0.352 e. The van der Waals surface area contributed by atoms with E-state index in [4.69, 9.17) is 0 Å². The average Bonchev–Trinajstić information content (AvgIpc) is 2.98. The zero-order chi connectivity index (χ0) is 30.8. The number of carbonyl (C=O) groups excluding carboxylic acids is 2. The van der Waals surface area contributed by atoms with Crippen molar-refractivity contribution < 1.29 is 22.4 Å². The van der Waals surface area contributed by atoms with Crippen LogP contribution in [-0.4, -0.2) is 50.0 Å². The summed E-state index contributed by atoms with van der Waals surface area (Å²) in [4.78, 5) is 29.5. The Labute approximate surface area is 262 Å². The van der Waals surface area contributed by atoms with Crippen LogP contribution in [0.1, 0.15) is 56.1 Å². The molecule has 230 valence electrons. The second-order valence-corrected chi connectivity index (χ2v) is 13.9. The number of amides is 2. The Morgan fingerprint density at radius 3 is 2.30 bits per heavy atom. The van der Waals surface area contributed by atoms with Crippen molar-refractivity contribution in [3.05, 3.63) is 100 Å². The van der Waals surface area contributed by atoms with Crippen molar-refractivity contribution >= 4 is 43.5 Å². The molecule has 7 nitrogen and oxygen atoms in total. The molecule has 1 atom stereocenters. The minimum atomic E-state index is -3.80. The van der Waals surface area contributed by atoms with Crippen LogP contribution in [0.4, 0.5) is 10.1 Å². The van der Waals surface area contributed by atoms with Crippen LogP contribution in [0.2, 0.25) is 0 Å². The first kappa shape index (κ1) is 32.7. The summed E-state index contributed by atoms with van der Waals surface area (Å²) in [6, 6.07) is 22.2. The first-order valence-corrected chi connectivity index (χ1v) is 17.4. The molecule has 10 heteroatoms. The Morgan fingerprint density at radius 2 is 1.63 bits per heavy atom. The van der Waals surface area contributed by atoms with Crippen LogP contribution < -0.4 is 9.62 Å². The highest BCUT2D eigenvalue weighted by Crippen LogP contribution is 2.24. The molecule has 0 bridgehead atoms. The number of sulfonamides is 1. The van der Waals surface area contributed by atoms with E-state index in [0.717, 1.165) is 58.3 Å². The number of carbonyl (C=O) groups is 2. The van der Waals surface area contributed by atoms with Crippen molar-refractivity contribution in [2.75, 3.05) is 17.1 Å². The Hall–Kier alpha value is -3.24. The largest absolute Gasteiger partial charge is 0.352 e. The molecule has 0 spiro atoms. The van der Waals surface area contributed by atoms with Gasteiger partial charge in [0.25, 0.3) is 0 Å². The van der Waals surface area contributed by atoms with E-state index in [2.05, 4.69) is 21.2 Å². The number of rotatable bonds is 13. The van der Waals surface area contributed by atoms with Gasteiger partial charge < -0.3 is 10.2 Å². The predicted octanol–water partition coefficient (Wildman–Crippen LogP) is 6.22. The van der Waals surface area contributed by atoms with Crippen LogP contribution in [0, 0.1) is 5.82 Å². The van der Waals surface area contributed by atoms with Gasteiger partial charge in [-0.1, -0.05) is 89.8 Å². The highest BCUT2D eigenvalue weighted by atomic mass is 79.9. The molecule has 3 aromatic rings. The average molecular weight is 673 g/mol. The summed E-state index contributed by atoms with van der Waals surface area (Å²) >= 11 is 3.50. The summed E-state index contributed by atoms with van der Waals surface area (Å²) in [6.07, 6.45) is 6.61. The van der Waals surface area contributed by atoms with Crippen molar-refractivity contribution in [1.82, 2.24) is 10.2 Å². The molecule has 43 heavy (non-hydrogen) atoms. The van der Waals surface area contributed by atoms with Gasteiger partial charge in [0.2, 0.25) is 21.8 Å². The molecule has 1 fully saturated rings. The third-order valence-electron chi connectivity index (χ3n) is 7.74. The Morgan fingerprint density at radius 1 is 0.953 bits per heavy atom. The molecule has 0 radical (unpaired) electrons. The van der Waals surface area contributed by atoms with E-state index >= 15 is 0 Å². The first-order chi connectivity index (χ1) is 20.6. The number of halogens is 2. The van der Waals surface area contributed by atoms with E-state index in [0.29, 0.717) is 6.42 Å². The first-order valence-electron chi connectivity index (χ1n) is 14.7. The number of anilines is 1. The standard InChI is InChI=1S/C33H39BrFN3O4S/c1-43(41,42)38(30-19-9-8-18-29(30)35)21-11-20-32(39)37(24-26-14-10-15-27(34)22-26)31(23-25-12-4-2-5-13-25)33(40)36-28-16-6-3-7-17-28/h2,4-5,8-10,12-15,18-19,22,28,31H,3,6-7,11,16-17,20-21,23-24H2,1H3,(H,36,40). The predicted molar refractivity (Wildman–Crippen MR) is 171 cm³/mol. The normalized spacial score (nSPS) is 14.6. The highest BCUT2D eigenvalue weighted by Gasteiger charge is 2.32. The molecule has 2 amide bonds. The lowest BCUT2D eigenvalue weighted by atomic mass is 9.94. The molecule has 1 N–H and O–H groups in total. The SMILES string of the molecule is CS(=O)(=O)N(CCCC(=O)N(Cc1cccc(Br)c1)C(Cc1ccccc1)C(=O)NC1CCCCC1)c1ccccc1F. The van der Waals surface area contributed by atoms with Gasteiger partial charge in [-0.2, -0.15) is 0 Å². The van der Waals surface area contributed by atoms with Gasteiger partial charge in [0.1, 0.15) is 11.9 Å². The van der Waals surface area contributed by atoms with Gasteiger partial charge >= 0.3 is 0 Å². The molecule has 4 rings (SSSR count). The van der Waals surface area contributed by atoms with Crippen molar-refractivity contribution in [3.63, 3.8) is 0 Å². The van der Waals surface area contributed by atoms with E-state index in [1.54, 1.807) is 11.0 Å². The van der Waals surface area contributed by atoms with Crippen LogP contribution >= 0.6 is 15.9 Å². The summed E-state index contributed by atoms with van der Waals surface area (Å²) in [6.45, 7) is 0.130. The molecular formula is C33H39BrFN3O4S. The second kappa shape index (κ2) is 15.5. The van der Waals surface area contributed by atoms with Gasteiger partial charge in [-0.05, 0) is 54.7 Å². The molecule has 3 aromatic carbocycles. The fourth-order valence-electron chi connectivity index (χ4n) is 5.57. The van der Waals surface area contributed by atoms with E-state index < -0.39 is 21.9 Å². The van der Waals surface area contributed by atoms with E-state index in [1.165, 1.54) is 18.2 Å². The summed E-state index contributed by atoms with van der Waals surface area (Å²) < 4.78 is 41.5. The highest BCUT2D eigenvalue weighted by molar-refractivity contribution is 9.10. The van der Waals surface area contributed by atoms with Crippen molar-refractivity contribution in [3.8, 4) is 0 Å². The van der Waals surface area contributed by atoms with Gasteiger partial charge in [-0.3, -0.25) is 13.9 Å². The molecule has 0 aliphatic heterocycles. The Kier molecular flexibility index (Phi) is 11.8. The van der Waals surface area contributed by atoms with E-state index in [-0.39, 0.29) is 49.5 Å². The van der Waals surface area contributed by atoms with Crippen LogP contribution in [0.5, 0.6) is 0 Å². The number of para-hydroxylation sites is 1. The van der Waals surface area contributed by atoms with Crippen molar-refractivity contribution in [2.24, 2.45) is 0 Å². The van der Waals surface area contributed by atoms with Gasteiger partial charge in [-0.25, -0.2) is 12.8 Å². The maximum atomic E-state index is 14.5. The minimum absolute atomic E-state index is 0.0174. The molecule has 1 unspecified atom stereocenters. The number of nitrogens with one attached hydrogen (secondary N) is 1. The lowest BCUT2D eigenvalue weighted by molar-refractivity contribution is -0.141. The molecular weight excluding hydrogens is 633 g/mol. The fourth-order valence-corrected chi connectivity index (χ4v) is 6.98. The molecule has 1 aliphatic rings. The van der Waals surface area contributed by atoms with Crippen LogP contribution in [-0.2, 0) is 32.6 Å². The van der Waals surface area contributed by atoms with Gasteiger partial charge in [-0.15, -0.1) is 0 Å². The number of nitrogens with zero attached hydrogens (tertiary/aromatic N) is 2. The molecule has 0 heterocycles. The topological polar surface area (TPSA) is 86.8 Å². The zero-order valence-electron chi connectivity index (χ0n) is 24.4. The van der Waals surface area contributed by atoms with Crippen LogP contribution in [0.25, 0.3) is 0 Å². The van der Waals surface area contributed by atoms with E-state index in [9.17, 15) is 22.4 Å². The molecule has 0 aromatic heterocycles. The summed E-state index contributed by atoms with van der Waals surface area (Å²) in [7, 11) is -3.80. The van der Waals surface area contributed by atoms with Gasteiger partial charge in [0.05, 0.1) is 11.9 Å². The number of hydrogen-bond donors (Lipinski definition) is 1. The summed E-state index contributed by atoms with van der Waals surface area (Å²) in [5, 5.41) is 3.22. The summed E-state index contributed by atoms with van der Waals surface area (Å²) in [5.74, 6) is -1.12.